The fourth-order valence-electron chi connectivity index (χ4n) is 2.43. The predicted molar refractivity (Wildman–Crippen MR) is 101 cm³/mol. The maximum Gasteiger partial charge on any atom is 0.487 e. The van der Waals surface area contributed by atoms with Gasteiger partial charge in [-0.3, -0.25) is 4.79 Å². The summed E-state index contributed by atoms with van der Waals surface area (Å²) in [5.41, 5.74) is -8.62. The van der Waals surface area contributed by atoms with Crippen molar-refractivity contribution < 1.29 is 45.4 Å². The molecule has 0 aliphatic carbocycles. The van der Waals surface area contributed by atoms with Crippen LogP contribution in [0.3, 0.4) is 0 Å². The van der Waals surface area contributed by atoms with Crippen molar-refractivity contribution in [3.8, 4) is 5.75 Å². The second-order valence-corrected chi connectivity index (χ2v) is 6.57. The number of rotatable bonds is 8. The standard InChI is InChI=1S/C19H15ClF6N2O4/c1-2-31-16(30)17(18(22,23)24,28-15(29)11-3-5-12(21)6-4-11)27-13-7-9-14(10-8-13)32-19(20,25)26/h3-10,27H,2H2,1H3,(H,28,29). The Hall–Kier alpha value is -3.15. The summed E-state index contributed by atoms with van der Waals surface area (Å²) in [5.74, 6) is -4.49. The molecule has 1 atom stereocenters. The molecule has 2 N–H and O–H groups in total. The summed E-state index contributed by atoms with van der Waals surface area (Å²) in [5, 5.41) is 3.39. The zero-order chi connectivity index (χ0) is 24.2. The molecule has 2 aromatic rings. The highest BCUT2D eigenvalue weighted by Crippen LogP contribution is 2.34. The van der Waals surface area contributed by atoms with E-state index in [4.69, 9.17) is 0 Å². The first-order valence-corrected chi connectivity index (χ1v) is 9.11. The largest absolute Gasteiger partial charge is 0.487 e. The lowest BCUT2D eigenvalue weighted by Crippen LogP contribution is -2.69. The van der Waals surface area contributed by atoms with Gasteiger partial charge in [-0.2, -0.15) is 13.2 Å². The first-order valence-electron chi connectivity index (χ1n) is 8.73. The Bertz CT molecular complexity index is 948. The Morgan fingerprint density at radius 2 is 1.53 bits per heavy atom. The van der Waals surface area contributed by atoms with Crippen LogP contribution in [0.4, 0.5) is 32.0 Å². The fraction of sp³-hybridized carbons (Fsp3) is 0.263. The van der Waals surface area contributed by atoms with Crippen molar-refractivity contribution in [3.63, 3.8) is 0 Å². The number of esters is 1. The topological polar surface area (TPSA) is 76.7 Å². The van der Waals surface area contributed by atoms with Crippen LogP contribution >= 0.6 is 11.6 Å². The molecule has 1 unspecified atom stereocenters. The average molecular weight is 485 g/mol. The quantitative estimate of drug-likeness (QED) is 0.247. The highest BCUT2D eigenvalue weighted by atomic mass is 35.5. The highest BCUT2D eigenvalue weighted by molar-refractivity contribution is 6.20. The van der Waals surface area contributed by atoms with E-state index < -0.39 is 53.1 Å². The van der Waals surface area contributed by atoms with Crippen molar-refractivity contribution in [3.05, 3.63) is 59.9 Å². The van der Waals surface area contributed by atoms with E-state index in [9.17, 15) is 35.9 Å². The number of anilines is 1. The number of ether oxygens (including phenoxy) is 2. The maximum absolute atomic E-state index is 14.1. The number of carbonyl (C=O) groups is 2. The molecule has 0 aromatic heterocycles. The number of hydrogen-bond donors (Lipinski definition) is 2. The van der Waals surface area contributed by atoms with Gasteiger partial charge in [-0.25, -0.2) is 9.18 Å². The van der Waals surface area contributed by atoms with E-state index in [1.54, 1.807) is 5.32 Å². The molecule has 1 amide bonds. The summed E-state index contributed by atoms with van der Waals surface area (Å²) in [6, 6.07) is 6.97. The van der Waals surface area contributed by atoms with Crippen molar-refractivity contribution >= 4 is 29.2 Å². The van der Waals surface area contributed by atoms with E-state index >= 15 is 0 Å². The minimum Gasteiger partial charge on any atom is -0.463 e. The summed E-state index contributed by atoms with van der Waals surface area (Å²) in [7, 11) is 0. The van der Waals surface area contributed by atoms with Gasteiger partial charge in [0.2, 0.25) is 0 Å². The molecule has 2 aromatic carbocycles. The van der Waals surface area contributed by atoms with Crippen molar-refractivity contribution in [2.45, 2.75) is 24.3 Å². The lowest BCUT2D eigenvalue weighted by Gasteiger charge is -2.35. The average Bonchev–Trinajstić information content (AvgIpc) is 2.67. The third-order valence-corrected chi connectivity index (χ3v) is 3.91. The Labute approximate surface area is 182 Å². The van der Waals surface area contributed by atoms with Gasteiger partial charge in [0.15, 0.2) is 0 Å². The normalized spacial score (nSPS) is 13.6. The summed E-state index contributed by atoms with van der Waals surface area (Å²) in [4.78, 5) is 24.8. The SMILES string of the molecule is CCOC(=O)C(NC(=O)c1ccc(F)cc1)(Nc1ccc(OC(F)(F)Cl)cc1)C(F)(F)F. The van der Waals surface area contributed by atoms with Crippen LogP contribution in [0.2, 0.25) is 0 Å². The van der Waals surface area contributed by atoms with Crippen LogP contribution in [0.1, 0.15) is 17.3 Å². The van der Waals surface area contributed by atoms with E-state index in [1.165, 1.54) is 6.92 Å². The molecule has 0 aliphatic heterocycles. The lowest BCUT2D eigenvalue weighted by molar-refractivity contribution is -0.204. The van der Waals surface area contributed by atoms with Crippen LogP contribution in [0.5, 0.6) is 5.75 Å². The number of amides is 1. The number of carbonyl (C=O) groups excluding carboxylic acids is 2. The van der Waals surface area contributed by atoms with Gasteiger partial charge in [-0.1, -0.05) is 0 Å². The second-order valence-electron chi connectivity index (χ2n) is 6.13. The fourth-order valence-corrected chi connectivity index (χ4v) is 2.52. The lowest BCUT2D eigenvalue weighted by atomic mass is 10.1. The monoisotopic (exact) mass is 484 g/mol. The highest BCUT2D eigenvalue weighted by Gasteiger charge is 2.63. The number of nitrogens with one attached hydrogen (secondary N) is 2. The molecule has 6 nitrogen and oxygen atoms in total. The van der Waals surface area contributed by atoms with Crippen LogP contribution in [-0.4, -0.2) is 35.9 Å². The molecule has 0 spiro atoms. The molecule has 2 rings (SSSR count). The molecule has 0 bridgehead atoms. The van der Waals surface area contributed by atoms with Crippen LogP contribution in [-0.2, 0) is 9.53 Å². The summed E-state index contributed by atoms with van der Waals surface area (Å²) in [6.45, 7) is 0.793. The van der Waals surface area contributed by atoms with Crippen LogP contribution in [0.15, 0.2) is 48.5 Å². The first kappa shape index (κ1) is 25.1. The van der Waals surface area contributed by atoms with Gasteiger partial charge in [-0.05, 0) is 55.5 Å². The first-order chi connectivity index (χ1) is 14.8. The van der Waals surface area contributed by atoms with E-state index in [0.29, 0.717) is 0 Å². The number of halogens is 7. The number of hydrogen-bond acceptors (Lipinski definition) is 5. The van der Waals surface area contributed by atoms with Gasteiger partial charge in [0, 0.05) is 22.9 Å². The minimum atomic E-state index is -5.44. The van der Waals surface area contributed by atoms with E-state index in [2.05, 4.69) is 21.1 Å². The minimum absolute atomic E-state index is 0.376. The molecule has 0 fully saturated rings. The third-order valence-electron chi connectivity index (χ3n) is 3.83. The molecule has 0 saturated carbocycles. The van der Waals surface area contributed by atoms with Crippen molar-refractivity contribution in [1.82, 2.24) is 5.32 Å². The van der Waals surface area contributed by atoms with Crippen LogP contribution < -0.4 is 15.4 Å². The Balaban J connectivity index is 2.44. The van der Waals surface area contributed by atoms with Gasteiger partial charge in [0.1, 0.15) is 11.6 Å². The van der Waals surface area contributed by atoms with Crippen LogP contribution in [0.25, 0.3) is 0 Å². The molecule has 0 aliphatic rings. The van der Waals surface area contributed by atoms with Gasteiger partial charge in [0.25, 0.3) is 5.91 Å². The molecule has 0 radical (unpaired) electrons. The van der Waals surface area contributed by atoms with Crippen molar-refractivity contribution in [2.75, 3.05) is 11.9 Å². The Morgan fingerprint density at radius 1 is 0.969 bits per heavy atom. The van der Waals surface area contributed by atoms with Crippen LogP contribution in [0, 0.1) is 5.82 Å². The van der Waals surface area contributed by atoms with Gasteiger partial charge in [0.05, 0.1) is 6.61 Å². The maximum atomic E-state index is 14.1. The second kappa shape index (κ2) is 9.55. The van der Waals surface area contributed by atoms with Crippen molar-refractivity contribution in [1.29, 1.82) is 0 Å². The number of alkyl halides is 6. The van der Waals surface area contributed by atoms with E-state index in [0.717, 1.165) is 48.5 Å². The molecule has 13 heteroatoms. The molecule has 0 saturated heterocycles. The van der Waals surface area contributed by atoms with Crippen molar-refractivity contribution in [2.24, 2.45) is 0 Å². The predicted octanol–water partition coefficient (Wildman–Crippen LogP) is 4.66. The Morgan fingerprint density at radius 3 is 2.00 bits per heavy atom. The molecule has 32 heavy (non-hydrogen) atoms. The summed E-state index contributed by atoms with van der Waals surface area (Å²) >= 11 is 4.62. The third kappa shape index (κ3) is 6.19. The summed E-state index contributed by atoms with van der Waals surface area (Å²) in [6.07, 6.45) is -5.44. The van der Waals surface area contributed by atoms with E-state index in [-0.39, 0.29) is 5.56 Å². The summed E-state index contributed by atoms with van der Waals surface area (Å²) < 4.78 is 89.3. The number of benzene rings is 2. The zero-order valence-corrected chi connectivity index (χ0v) is 16.9. The van der Waals surface area contributed by atoms with Gasteiger partial charge in [-0.15, -0.1) is 8.78 Å². The molecular weight excluding hydrogens is 470 g/mol. The molecular formula is C19H15ClF6N2O4. The van der Waals surface area contributed by atoms with Gasteiger partial charge >= 0.3 is 23.4 Å². The van der Waals surface area contributed by atoms with Gasteiger partial charge < -0.3 is 20.1 Å². The zero-order valence-electron chi connectivity index (χ0n) is 16.1. The molecule has 0 heterocycles. The Kier molecular flexibility index (Phi) is 7.50. The van der Waals surface area contributed by atoms with E-state index in [1.807, 2.05) is 5.32 Å². The smallest absolute Gasteiger partial charge is 0.463 e. The molecule has 174 valence electrons.